The average Bonchev–Trinajstić information content (AvgIpc) is 3.36. The van der Waals surface area contributed by atoms with Crippen molar-refractivity contribution in [2.75, 3.05) is 21.3 Å². The molecule has 3 saturated carbocycles. The van der Waals surface area contributed by atoms with E-state index >= 15 is 0 Å². The molecular weight excluding hydrogens is 611 g/mol. The molecule has 2 bridgehead atoms. The molecule has 250 valence electrons. The summed E-state index contributed by atoms with van der Waals surface area (Å²) < 4.78 is 35.6. The maximum absolute atomic E-state index is 13.9. The van der Waals surface area contributed by atoms with Gasteiger partial charge in [0.15, 0.2) is 11.5 Å². The lowest BCUT2D eigenvalue weighted by Gasteiger charge is -2.64. The number of hydrogen-bond acceptors (Lipinski definition) is 9. The van der Waals surface area contributed by atoms with E-state index < -0.39 is 42.2 Å². The molecule has 4 fully saturated rings. The van der Waals surface area contributed by atoms with Crippen LogP contribution in [0.15, 0.2) is 30.3 Å². The topological polar surface area (TPSA) is 128 Å². The van der Waals surface area contributed by atoms with Gasteiger partial charge in [-0.3, -0.25) is 4.79 Å². The third kappa shape index (κ3) is 6.07. The second-order valence-corrected chi connectivity index (χ2v) is 14.7. The van der Waals surface area contributed by atoms with Crippen LogP contribution in [0.1, 0.15) is 81.9 Å². The summed E-state index contributed by atoms with van der Waals surface area (Å²) >= 11 is 6.63. The van der Waals surface area contributed by atoms with Crippen LogP contribution in [0.4, 0.5) is 0 Å². The van der Waals surface area contributed by atoms with Gasteiger partial charge in [-0.1, -0.05) is 43.6 Å². The molecule has 46 heavy (non-hydrogen) atoms. The molecule has 2 aromatic rings. The Morgan fingerprint density at radius 3 is 2.37 bits per heavy atom. The Morgan fingerprint density at radius 1 is 1.07 bits per heavy atom. The number of halogens is 1. The van der Waals surface area contributed by atoms with E-state index in [0.717, 1.165) is 12.8 Å². The van der Waals surface area contributed by atoms with Crippen LogP contribution < -0.4 is 25.3 Å². The number of benzene rings is 2. The van der Waals surface area contributed by atoms with E-state index in [4.69, 9.17) is 45.6 Å². The van der Waals surface area contributed by atoms with Crippen LogP contribution in [0.3, 0.4) is 0 Å². The van der Waals surface area contributed by atoms with Crippen LogP contribution in [0, 0.1) is 17.3 Å². The van der Waals surface area contributed by atoms with E-state index in [2.05, 4.69) is 26.1 Å². The van der Waals surface area contributed by atoms with Gasteiger partial charge in [0.25, 0.3) is 0 Å². The molecule has 3 aliphatic carbocycles. The molecular formula is C34H46BClN2O8. The molecule has 2 aromatic carbocycles. The summed E-state index contributed by atoms with van der Waals surface area (Å²) in [6.07, 6.45) is 2.08. The molecule has 2 unspecified atom stereocenters. The molecule has 0 aromatic heterocycles. The number of amides is 1. The minimum Gasteiger partial charge on any atom is -0.496 e. The van der Waals surface area contributed by atoms with Gasteiger partial charge in [0.2, 0.25) is 5.91 Å². The van der Waals surface area contributed by atoms with Crippen LogP contribution in [-0.4, -0.2) is 63.6 Å². The van der Waals surface area contributed by atoms with Crippen LogP contribution in [0.2, 0.25) is 5.02 Å². The van der Waals surface area contributed by atoms with Gasteiger partial charge >= 0.3 is 13.1 Å². The quantitative estimate of drug-likeness (QED) is 0.258. The Kier molecular flexibility index (Phi) is 9.38. The Hall–Kier alpha value is -2.99. The smallest absolute Gasteiger partial charge is 0.482 e. The van der Waals surface area contributed by atoms with Gasteiger partial charge in [0.05, 0.1) is 44.0 Å². The van der Waals surface area contributed by atoms with Crippen molar-refractivity contribution in [3.05, 3.63) is 52.0 Å². The molecule has 12 heteroatoms. The van der Waals surface area contributed by atoms with Gasteiger partial charge < -0.3 is 39.3 Å². The minimum absolute atomic E-state index is 0.113. The highest BCUT2D eigenvalue weighted by Crippen LogP contribution is 2.65. The number of carbonyl (C=O) groups is 2. The molecule has 6 rings (SSSR count). The molecule has 6 atom stereocenters. The van der Waals surface area contributed by atoms with Crippen molar-refractivity contribution in [1.29, 1.82) is 0 Å². The molecule has 1 amide bonds. The monoisotopic (exact) mass is 656 g/mol. The molecule has 10 nitrogen and oxygen atoms in total. The molecule has 1 heterocycles. The maximum atomic E-state index is 13.9. The number of hydrogen-bond donors (Lipinski definition) is 2. The summed E-state index contributed by atoms with van der Waals surface area (Å²) in [5, 5.41) is 3.28. The fraction of sp³-hybridized carbons (Fsp3) is 0.588. The average molecular weight is 657 g/mol. The van der Waals surface area contributed by atoms with Crippen molar-refractivity contribution in [3.63, 3.8) is 0 Å². The van der Waals surface area contributed by atoms with E-state index in [9.17, 15) is 9.59 Å². The zero-order valence-corrected chi connectivity index (χ0v) is 28.9. The molecule has 3 N–H and O–H groups in total. The van der Waals surface area contributed by atoms with E-state index in [1.807, 2.05) is 6.07 Å². The van der Waals surface area contributed by atoms with Crippen LogP contribution in [0.5, 0.6) is 17.2 Å². The van der Waals surface area contributed by atoms with Gasteiger partial charge in [-0.25, -0.2) is 4.79 Å². The fourth-order valence-corrected chi connectivity index (χ4v) is 7.91. The second kappa shape index (κ2) is 12.6. The highest BCUT2D eigenvalue weighted by molar-refractivity contribution is 6.48. The Bertz CT molecular complexity index is 1500. The van der Waals surface area contributed by atoms with Crippen molar-refractivity contribution in [3.8, 4) is 17.2 Å². The maximum Gasteiger partial charge on any atom is 0.482 e. The van der Waals surface area contributed by atoms with Crippen molar-refractivity contribution >= 4 is 30.6 Å². The summed E-state index contributed by atoms with van der Waals surface area (Å²) in [5.74, 6) is 0.246. The first kappa shape index (κ1) is 34.4. The Labute approximate surface area is 277 Å². The zero-order valence-electron chi connectivity index (χ0n) is 28.2. The first-order chi connectivity index (χ1) is 21.5. The lowest BCUT2D eigenvalue weighted by molar-refractivity contribution is -0.199. The fourth-order valence-electron chi connectivity index (χ4n) is 7.56. The predicted molar refractivity (Wildman–Crippen MR) is 175 cm³/mol. The van der Waals surface area contributed by atoms with Crippen LogP contribution in [0.25, 0.3) is 0 Å². The van der Waals surface area contributed by atoms with E-state index in [1.54, 1.807) is 45.0 Å². The lowest BCUT2D eigenvalue weighted by Crippen LogP contribution is -2.65. The first-order valence-corrected chi connectivity index (χ1v) is 16.1. The number of rotatable bonds is 10. The predicted octanol–water partition coefficient (Wildman–Crippen LogP) is 5.32. The van der Waals surface area contributed by atoms with Gasteiger partial charge in [0.1, 0.15) is 23.0 Å². The van der Waals surface area contributed by atoms with E-state index in [1.165, 1.54) is 21.3 Å². The molecule has 0 radical (unpaired) electrons. The second-order valence-electron chi connectivity index (χ2n) is 14.3. The number of methoxy groups -OCH3 is 3. The molecule has 1 saturated heterocycles. The highest BCUT2D eigenvalue weighted by Gasteiger charge is 2.68. The largest absolute Gasteiger partial charge is 0.496 e. The molecule has 0 spiro atoms. The SMILES string of the molecule is COc1ccc(C(N)C(=O)NC(Cc2cccc(C(=O)OC(C)(C)C)c2OC)B2O[C@@H]3C[C@@H]4C[C@@H](C4(C)C)[C@]3(C)O2)c(Cl)c1OC. The molecule has 1 aliphatic heterocycles. The summed E-state index contributed by atoms with van der Waals surface area (Å²) in [7, 11) is 3.69. The number of carbonyl (C=O) groups excluding carboxylic acids is 2. The number of ether oxygens (including phenoxy) is 4. The van der Waals surface area contributed by atoms with Gasteiger partial charge in [0, 0.05) is 5.56 Å². The first-order valence-electron chi connectivity index (χ1n) is 15.7. The van der Waals surface area contributed by atoms with Crippen molar-refractivity contribution in [1.82, 2.24) is 5.32 Å². The van der Waals surface area contributed by atoms with Crippen molar-refractivity contribution in [2.24, 2.45) is 23.0 Å². The summed E-state index contributed by atoms with van der Waals surface area (Å²) in [6, 6.07) is 7.42. The number of nitrogens with one attached hydrogen (secondary N) is 1. The third-order valence-corrected chi connectivity index (χ3v) is 10.5. The molecule has 4 aliphatic rings. The third-order valence-electron chi connectivity index (χ3n) is 10.1. The van der Waals surface area contributed by atoms with Crippen LogP contribution >= 0.6 is 11.6 Å². The van der Waals surface area contributed by atoms with Crippen molar-refractivity contribution < 1.29 is 37.8 Å². The standard InChI is InChI=1S/C34H46BClN2O8/c1-32(2,3)44-31(40)21-12-10-11-18(28(21)42-8)15-25(35-45-24-17-19-16-23(33(19,4)5)34(24,6)46-35)38-30(39)27(37)20-13-14-22(41-7)29(43-9)26(20)36/h10-14,19,23-25,27H,15-17,37H2,1-9H3,(H,38,39)/t19-,23-,24+,25?,27?,34-/m0/s1. The van der Waals surface area contributed by atoms with E-state index in [0.29, 0.717) is 34.5 Å². The van der Waals surface area contributed by atoms with Crippen molar-refractivity contribution in [2.45, 2.75) is 90.1 Å². The normalized spacial score (nSPS) is 25.9. The van der Waals surface area contributed by atoms with Gasteiger partial charge in [-0.15, -0.1) is 0 Å². The Balaban J connectivity index is 1.47. The highest BCUT2D eigenvalue weighted by atomic mass is 35.5. The Morgan fingerprint density at radius 2 is 1.76 bits per heavy atom. The van der Waals surface area contributed by atoms with E-state index in [-0.39, 0.29) is 34.3 Å². The summed E-state index contributed by atoms with van der Waals surface area (Å²) in [6.45, 7) is 12.1. The summed E-state index contributed by atoms with van der Waals surface area (Å²) in [4.78, 5) is 27.0. The number of nitrogens with two attached hydrogens (primary N) is 1. The summed E-state index contributed by atoms with van der Waals surface area (Å²) in [5.41, 5.74) is 6.78. The van der Waals surface area contributed by atoms with Gasteiger partial charge in [-0.2, -0.15) is 0 Å². The van der Waals surface area contributed by atoms with Gasteiger partial charge in [-0.05, 0) is 81.9 Å². The zero-order chi connectivity index (χ0) is 33.8. The minimum atomic E-state index is -1.14. The van der Waals surface area contributed by atoms with Crippen LogP contribution in [-0.2, 0) is 25.3 Å². The number of para-hydroxylation sites is 1. The number of esters is 1. The lowest BCUT2D eigenvalue weighted by atomic mass is 9.43.